The van der Waals surface area contributed by atoms with Crippen molar-refractivity contribution in [3.05, 3.63) is 157 Å². The van der Waals surface area contributed by atoms with Crippen molar-refractivity contribution in [2.24, 2.45) is 38.9 Å². The van der Waals surface area contributed by atoms with Gasteiger partial charge in [0.1, 0.15) is 0 Å². The van der Waals surface area contributed by atoms with Crippen LogP contribution in [0, 0.1) is 38.9 Å². The van der Waals surface area contributed by atoms with E-state index < -0.39 is 21.3 Å². The molecule has 4 atom stereocenters. The van der Waals surface area contributed by atoms with Gasteiger partial charge in [-0.2, -0.15) is 0 Å². The van der Waals surface area contributed by atoms with Crippen molar-refractivity contribution in [1.29, 1.82) is 0 Å². The maximum Gasteiger partial charge on any atom is -1.00 e. The molecule has 0 saturated heterocycles. The third kappa shape index (κ3) is 5.85. The van der Waals surface area contributed by atoms with E-state index in [4.69, 9.17) is 0 Å². The van der Waals surface area contributed by atoms with Gasteiger partial charge < -0.3 is 24.8 Å². The average Bonchev–Trinajstić information content (AvgIpc) is 3.78. The minimum Gasteiger partial charge on any atom is -1.00 e. The van der Waals surface area contributed by atoms with E-state index in [9.17, 15) is 0 Å². The van der Waals surface area contributed by atoms with Crippen LogP contribution in [0.5, 0.6) is 0 Å². The van der Waals surface area contributed by atoms with Gasteiger partial charge in [-0.1, -0.05) is 0 Å². The molecule has 3 aromatic carbocycles. The van der Waals surface area contributed by atoms with E-state index in [0.29, 0.717) is 11.8 Å². The van der Waals surface area contributed by atoms with Crippen molar-refractivity contribution >= 4 is 8.78 Å². The zero-order valence-corrected chi connectivity index (χ0v) is 40.9. The molecule has 0 aromatic heterocycles. The molecule has 58 heavy (non-hydrogen) atoms. The summed E-state index contributed by atoms with van der Waals surface area (Å²) in [5, 5.41) is 0. The van der Waals surface area contributed by atoms with Crippen LogP contribution in [-0.2, 0) is 27.7 Å². The number of hydrogen-bond acceptors (Lipinski definition) is 0. The normalized spacial score (nSPS) is 29.3. The molecule has 0 bridgehead atoms. The van der Waals surface area contributed by atoms with Crippen molar-refractivity contribution in [2.75, 3.05) is 0 Å². The molecule has 0 spiro atoms. The van der Waals surface area contributed by atoms with Gasteiger partial charge in [0.05, 0.1) is 0 Å². The quantitative estimate of drug-likeness (QED) is 0.241. The van der Waals surface area contributed by atoms with Crippen LogP contribution >= 0.6 is 0 Å². The molecule has 304 valence electrons. The maximum absolute atomic E-state index is 3.19. The molecule has 4 unspecified atom stereocenters. The average molecular weight is 889 g/mol. The van der Waals surface area contributed by atoms with Crippen LogP contribution < -0.4 is 24.8 Å². The van der Waals surface area contributed by atoms with Gasteiger partial charge in [0.2, 0.25) is 0 Å². The molecule has 0 aliphatic heterocycles. The van der Waals surface area contributed by atoms with Crippen molar-refractivity contribution in [3.63, 3.8) is 0 Å². The third-order valence-electron chi connectivity index (χ3n) is 18.3. The fourth-order valence-electron chi connectivity index (χ4n) is 13.7. The van der Waals surface area contributed by atoms with Crippen molar-refractivity contribution in [3.8, 4) is 0 Å². The molecule has 3 aromatic rings. The Morgan fingerprint density at radius 3 is 1.88 bits per heavy atom. The molecule has 6 aliphatic carbocycles. The van der Waals surface area contributed by atoms with Crippen molar-refractivity contribution in [2.45, 2.75) is 124 Å². The number of halogens is 2. The van der Waals surface area contributed by atoms with Gasteiger partial charge in [-0.3, -0.25) is 0 Å². The van der Waals surface area contributed by atoms with E-state index in [0.717, 1.165) is 6.42 Å². The summed E-state index contributed by atoms with van der Waals surface area (Å²) in [4.78, 5) is 0. The van der Waals surface area contributed by atoms with Gasteiger partial charge in [0, 0.05) is 0 Å². The minimum absolute atomic E-state index is 0. The first-order valence-corrected chi connectivity index (χ1v) is 25.8. The summed E-state index contributed by atoms with van der Waals surface area (Å²) in [6.07, 6.45) is 20.9. The van der Waals surface area contributed by atoms with Gasteiger partial charge >= 0.3 is 350 Å². The number of allylic oxidation sites excluding steroid dienone is 10. The first kappa shape index (κ1) is 43.8. The Kier molecular flexibility index (Phi) is 11.5. The summed E-state index contributed by atoms with van der Waals surface area (Å²) in [5.74, 6) is 0.930. The Morgan fingerprint density at radius 2 is 1.26 bits per heavy atom. The molecule has 0 amide bonds. The van der Waals surface area contributed by atoms with Gasteiger partial charge in [-0.15, -0.1) is 0 Å². The first-order chi connectivity index (χ1) is 26.6. The van der Waals surface area contributed by atoms with E-state index in [1.807, 2.05) is 8.85 Å². The maximum atomic E-state index is 2.88. The first-order valence-electron chi connectivity index (χ1n) is 22.1. The standard InChI is InChI=1S/C29H37.C13H19.C13H10.2ClH.Zr/c1-18-25-22-17-19-13-9-10-14-20(19)24(22)21-15-11-12-16-23(21)29(25,8)28(6,7)27(4,5)26(18,2)3;1-11-6-7-12(10-11)13(2)8-4-3-5-9-13;1-3-7-12(8-4-1)11-13-9-5-2-6-10-13;;;/h9-11,13-15,23H,12,16-17H2,1-8H3;7,10-11H,3-5,8-9H2,1-2H3;1-10H;2*1H;/q;;;;;+2/p-2. The fraction of sp³-hybridized carbons (Fsp3) is 0.473. The van der Waals surface area contributed by atoms with Crippen molar-refractivity contribution < 1.29 is 46.1 Å². The summed E-state index contributed by atoms with van der Waals surface area (Å²) in [7, 11) is 0. The zero-order valence-electron chi connectivity index (χ0n) is 37.0. The topological polar surface area (TPSA) is 0 Å². The van der Waals surface area contributed by atoms with Crippen LogP contribution in [0.4, 0.5) is 0 Å². The molecule has 0 nitrogen and oxygen atoms in total. The van der Waals surface area contributed by atoms with E-state index in [1.165, 1.54) is 67.2 Å². The second-order valence-electron chi connectivity index (χ2n) is 20.9. The van der Waals surface area contributed by atoms with Crippen LogP contribution in [-0.4, -0.2) is 3.21 Å². The Morgan fingerprint density at radius 1 is 0.672 bits per heavy atom. The fourth-order valence-corrected chi connectivity index (χ4v) is 25.3. The molecule has 9 rings (SSSR count). The Labute approximate surface area is 371 Å². The van der Waals surface area contributed by atoms with Gasteiger partial charge in [-0.05, 0) is 0 Å². The van der Waals surface area contributed by atoms with E-state index >= 15 is 0 Å². The van der Waals surface area contributed by atoms with Gasteiger partial charge in [-0.25, -0.2) is 0 Å². The van der Waals surface area contributed by atoms with Crippen molar-refractivity contribution in [1.82, 2.24) is 0 Å². The summed E-state index contributed by atoms with van der Waals surface area (Å²) >= 11 is -3.19. The molecular formula is C55H66Cl2Zr. The van der Waals surface area contributed by atoms with E-state index in [-0.39, 0.29) is 55.0 Å². The third-order valence-corrected chi connectivity index (χ3v) is 28.4. The predicted octanol–water partition coefficient (Wildman–Crippen LogP) is 8.88. The largest absolute Gasteiger partial charge is 1.00 e. The van der Waals surface area contributed by atoms with E-state index in [2.05, 4.69) is 178 Å². The Bertz CT molecular complexity index is 2250. The van der Waals surface area contributed by atoms with Crippen LogP contribution in [0.1, 0.15) is 136 Å². The molecule has 0 radical (unpaired) electrons. The monoisotopic (exact) mass is 886 g/mol. The molecular weight excluding hydrogens is 823 g/mol. The SMILES string of the molecule is CC1C=C(C2(C)CCCCC2)C=[C]1[Zr+2](=[C](c1ccccc1)c1ccccc1)[C]1(C)C2=C3Cc4ccccc4C3=C3C=CCCC3C2(C)C(C)(C)C(C)(C)C1(C)C.[Cl-].[Cl-]. The second-order valence-corrected chi connectivity index (χ2v) is 27.8. The summed E-state index contributed by atoms with van der Waals surface area (Å²) in [6.45, 7) is 27.1. The summed E-state index contributed by atoms with van der Waals surface area (Å²) < 4.78 is 3.48. The number of hydrogen-bond donors (Lipinski definition) is 0. The second kappa shape index (κ2) is 15.2. The summed E-state index contributed by atoms with van der Waals surface area (Å²) in [6, 6.07) is 33.0. The number of benzene rings is 3. The number of fused-ring (bicyclic) bond motifs is 6. The van der Waals surface area contributed by atoms with E-state index in [1.54, 1.807) is 25.5 Å². The van der Waals surface area contributed by atoms with Gasteiger partial charge in [0.25, 0.3) is 0 Å². The molecule has 6 aliphatic rings. The molecule has 2 fully saturated rings. The zero-order chi connectivity index (χ0) is 39.5. The van der Waals surface area contributed by atoms with Gasteiger partial charge in [0.15, 0.2) is 0 Å². The summed E-state index contributed by atoms with van der Waals surface area (Å²) in [5.41, 5.74) is 14.7. The van der Waals surface area contributed by atoms with Crippen LogP contribution in [0.2, 0.25) is 3.12 Å². The molecule has 3 heteroatoms. The van der Waals surface area contributed by atoms with Crippen LogP contribution in [0.25, 0.3) is 5.57 Å². The molecule has 2 saturated carbocycles. The smallest absolute Gasteiger partial charge is 1.00 e. The number of rotatable bonds is 5. The van der Waals surface area contributed by atoms with Crippen LogP contribution in [0.3, 0.4) is 0 Å². The Hall–Kier alpha value is -2.31. The van der Waals surface area contributed by atoms with Crippen LogP contribution in [0.15, 0.2) is 135 Å². The molecule has 0 heterocycles. The molecule has 0 N–H and O–H groups in total. The Balaban J connectivity index is 0.00000256. The minimum atomic E-state index is -3.19. The predicted molar refractivity (Wildman–Crippen MR) is 236 cm³/mol.